The molecule has 2 rings (SSSR count). The van der Waals surface area contributed by atoms with Crippen molar-refractivity contribution < 1.29 is 24.2 Å². The molecule has 0 atom stereocenters. The van der Waals surface area contributed by atoms with Crippen molar-refractivity contribution in [3.63, 3.8) is 0 Å². The highest BCUT2D eigenvalue weighted by atomic mass is 32.2. The summed E-state index contributed by atoms with van der Waals surface area (Å²) in [6.07, 6.45) is 1.95. The van der Waals surface area contributed by atoms with Gasteiger partial charge in [-0.3, -0.25) is 9.59 Å². The molecule has 0 bridgehead atoms. The third kappa shape index (κ3) is 6.50. The first-order valence-corrected chi connectivity index (χ1v) is 8.73. The smallest absolute Gasteiger partial charge is 0.313 e. The predicted molar refractivity (Wildman–Crippen MR) is 88.2 cm³/mol. The molecule has 0 aromatic heterocycles. The molecule has 1 amide bonds. The molecule has 0 saturated carbocycles. The lowest BCUT2D eigenvalue weighted by molar-refractivity contribution is -0.133. The largest absolute Gasteiger partial charge is 0.490 e. The molecule has 1 saturated heterocycles. The van der Waals surface area contributed by atoms with Crippen LogP contribution < -0.4 is 10.1 Å². The monoisotopic (exact) mass is 339 g/mol. The molecule has 1 fully saturated rings. The lowest BCUT2D eigenvalue weighted by atomic mass is 10.1. The normalized spacial score (nSPS) is 15.1. The van der Waals surface area contributed by atoms with Crippen molar-refractivity contribution in [2.24, 2.45) is 0 Å². The van der Waals surface area contributed by atoms with Gasteiger partial charge in [0.25, 0.3) is 5.91 Å². The molecule has 126 valence electrons. The van der Waals surface area contributed by atoms with Crippen LogP contribution in [-0.2, 0) is 9.53 Å². The molecule has 1 aromatic carbocycles. The van der Waals surface area contributed by atoms with E-state index in [4.69, 9.17) is 14.6 Å². The van der Waals surface area contributed by atoms with Gasteiger partial charge in [-0.2, -0.15) is 0 Å². The van der Waals surface area contributed by atoms with Gasteiger partial charge in [0.1, 0.15) is 11.9 Å². The second kappa shape index (κ2) is 9.42. The molecule has 0 unspecified atom stereocenters. The van der Waals surface area contributed by atoms with Crippen molar-refractivity contribution in [3.05, 3.63) is 29.8 Å². The van der Waals surface area contributed by atoms with Crippen molar-refractivity contribution in [1.29, 1.82) is 0 Å². The second-order valence-electron chi connectivity index (χ2n) is 5.16. The number of carbonyl (C=O) groups excluding carboxylic acids is 1. The fourth-order valence-electron chi connectivity index (χ4n) is 2.17. The van der Waals surface area contributed by atoms with Crippen LogP contribution in [0.2, 0.25) is 0 Å². The van der Waals surface area contributed by atoms with E-state index in [1.165, 1.54) is 11.8 Å². The second-order valence-corrected chi connectivity index (χ2v) is 6.26. The van der Waals surface area contributed by atoms with Crippen LogP contribution >= 0.6 is 11.8 Å². The number of benzene rings is 1. The number of carboxylic acids is 1. The Balaban J connectivity index is 1.72. The highest BCUT2D eigenvalue weighted by Gasteiger charge is 2.15. The van der Waals surface area contributed by atoms with Crippen molar-refractivity contribution in [1.82, 2.24) is 5.32 Å². The molecule has 0 spiro atoms. The topological polar surface area (TPSA) is 84.9 Å². The Morgan fingerprint density at radius 2 is 1.96 bits per heavy atom. The molecular formula is C16H21NO5S. The number of ether oxygens (including phenoxy) is 2. The number of carbonyl (C=O) groups is 2. The number of aliphatic carboxylic acids is 1. The van der Waals surface area contributed by atoms with Gasteiger partial charge in [0.05, 0.1) is 19.0 Å². The summed E-state index contributed by atoms with van der Waals surface area (Å²) in [5.41, 5.74) is 0.563. The zero-order valence-electron chi connectivity index (χ0n) is 12.8. The first-order valence-electron chi connectivity index (χ1n) is 7.57. The fraction of sp³-hybridized carbons (Fsp3) is 0.500. The fourth-order valence-corrected chi connectivity index (χ4v) is 2.73. The first kappa shape index (κ1) is 17.6. The summed E-state index contributed by atoms with van der Waals surface area (Å²) in [4.78, 5) is 22.3. The molecule has 0 radical (unpaired) electrons. The van der Waals surface area contributed by atoms with Crippen molar-refractivity contribution in [3.8, 4) is 5.75 Å². The average Bonchev–Trinajstić information content (AvgIpc) is 2.56. The molecule has 1 heterocycles. The van der Waals surface area contributed by atoms with Crippen LogP contribution in [0.4, 0.5) is 0 Å². The molecule has 23 heavy (non-hydrogen) atoms. The maximum Gasteiger partial charge on any atom is 0.313 e. The molecule has 7 heteroatoms. The summed E-state index contributed by atoms with van der Waals surface area (Å²) in [5.74, 6) is 0.363. The van der Waals surface area contributed by atoms with Gasteiger partial charge in [0, 0.05) is 30.7 Å². The lowest BCUT2D eigenvalue weighted by Crippen LogP contribution is -2.26. The third-order valence-electron chi connectivity index (χ3n) is 3.35. The molecule has 6 nitrogen and oxygen atoms in total. The van der Waals surface area contributed by atoms with Gasteiger partial charge in [-0.15, -0.1) is 11.8 Å². The van der Waals surface area contributed by atoms with Crippen molar-refractivity contribution in [2.45, 2.75) is 18.9 Å². The predicted octanol–water partition coefficient (Wildman–Crippen LogP) is 1.79. The van der Waals surface area contributed by atoms with E-state index in [9.17, 15) is 9.59 Å². The number of carboxylic acid groups (broad SMARTS) is 1. The van der Waals surface area contributed by atoms with Gasteiger partial charge in [0.2, 0.25) is 0 Å². The summed E-state index contributed by atoms with van der Waals surface area (Å²) >= 11 is 1.28. The van der Waals surface area contributed by atoms with E-state index in [0.29, 0.717) is 17.9 Å². The zero-order chi connectivity index (χ0) is 16.5. The van der Waals surface area contributed by atoms with Crippen LogP contribution in [0.25, 0.3) is 0 Å². The van der Waals surface area contributed by atoms with Crippen LogP contribution in [0.5, 0.6) is 5.75 Å². The number of hydrogen-bond acceptors (Lipinski definition) is 5. The molecule has 0 aliphatic carbocycles. The van der Waals surface area contributed by atoms with Gasteiger partial charge in [0.15, 0.2) is 0 Å². The first-order chi connectivity index (χ1) is 11.1. The maximum atomic E-state index is 11.9. The van der Waals surface area contributed by atoms with Crippen molar-refractivity contribution in [2.75, 3.05) is 31.3 Å². The molecule has 1 aliphatic rings. The Hall–Kier alpha value is -1.73. The number of nitrogens with one attached hydrogen (secondary N) is 1. The van der Waals surface area contributed by atoms with Crippen LogP contribution in [0.15, 0.2) is 24.3 Å². The maximum absolute atomic E-state index is 11.9. The molecular weight excluding hydrogens is 318 g/mol. The van der Waals surface area contributed by atoms with E-state index in [2.05, 4.69) is 5.32 Å². The van der Waals surface area contributed by atoms with E-state index in [1.54, 1.807) is 24.3 Å². The summed E-state index contributed by atoms with van der Waals surface area (Å²) in [7, 11) is 0. The van der Waals surface area contributed by atoms with Gasteiger partial charge < -0.3 is 19.9 Å². The van der Waals surface area contributed by atoms with E-state index in [-0.39, 0.29) is 17.8 Å². The highest BCUT2D eigenvalue weighted by Crippen LogP contribution is 2.18. The van der Waals surface area contributed by atoms with Gasteiger partial charge in [-0.25, -0.2) is 0 Å². The Morgan fingerprint density at radius 1 is 1.26 bits per heavy atom. The van der Waals surface area contributed by atoms with Crippen LogP contribution in [0.1, 0.15) is 23.2 Å². The van der Waals surface area contributed by atoms with E-state index >= 15 is 0 Å². The summed E-state index contributed by atoms with van der Waals surface area (Å²) in [5, 5.41) is 11.3. The SMILES string of the molecule is O=C(O)CSCCNC(=O)c1ccc(OC2CCOCC2)cc1. The van der Waals surface area contributed by atoms with Crippen LogP contribution in [-0.4, -0.2) is 54.4 Å². The Bertz CT molecular complexity index is 514. The average molecular weight is 339 g/mol. The minimum Gasteiger partial charge on any atom is -0.490 e. The Labute approximate surface area is 139 Å². The minimum atomic E-state index is -0.846. The lowest BCUT2D eigenvalue weighted by Gasteiger charge is -2.23. The van der Waals surface area contributed by atoms with E-state index in [1.807, 2.05) is 0 Å². The van der Waals surface area contributed by atoms with Crippen LogP contribution in [0.3, 0.4) is 0 Å². The number of rotatable bonds is 8. The zero-order valence-corrected chi connectivity index (χ0v) is 13.6. The van der Waals surface area contributed by atoms with Gasteiger partial charge in [-0.05, 0) is 24.3 Å². The molecule has 2 N–H and O–H groups in total. The van der Waals surface area contributed by atoms with Crippen LogP contribution in [0, 0.1) is 0 Å². The third-order valence-corrected chi connectivity index (χ3v) is 4.29. The highest BCUT2D eigenvalue weighted by molar-refractivity contribution is 7.99. The Kier molecular flexibility index (Phi) is 7.22. The summed E-state index contributed by atoms with van der Waals surface area (Å²) in [6, 6.07) is 7.05. The number of thioether (sulfide) groups is 1. The molecule has 1 aromatic rings. The number of amides is 1. The van der Waals surface area contributed by atoms with Gasteiger partial charge in [-0.1, -0.05) is 0 Å². The van der Waals surface area contributed by atoms with Crippen molar-refractivity contribution >= 4 is 23.6 Å². The van der Waals surface area contributed by atoms with Gasteiger partial charge >= 0.3 is 5.97 Å². The minimum absolute atomic E-state index is 0.0497. The quantitative estimate of drug-likeness (QED) is 0.703. The van der Waals surface area contributed by atoms with E-state index < -0.39 is 5.97 Å². The van der Waals surface area contributed by atoms with E-state index in [0.717, 1.165) is 31.8 Å². The standard InChI is InChI=1S/C16H21NO5S/c18-15(19)11-23-10-7-17-16(20)12-1-3-13(4-2-12)22-14-5-8-21-9-6-14/h1-4,14H,5-11H2,(H,17,20)(H,18,19). The Morgan fingerprint density at radius 3 is 2.61 bits per heavy atom. The summed E-state index contributed by atoms with van der Waals surface area (Å²) in [6.45, 7) is 1.90. The number of hydrogen-bond donors (Lipinski definition) is 2. The molecule has 1 aliphatic heterocycles. The summed E-state index contributed by atoms with van der Waals surface area (Å²) < 4.78 is 11.1.